The standard InChI is InChI=1S/C11H9ClN2O2/c12-10-11(15)13-6-9(14-10)16-7-8-4-2-1-3-5-8/h1-6H,7H2,(H,13,15). The topological polar surface area (TPSA) is 55.0 Å². The molecule has 82 valence electrons. The van der Waals surface area contributed by atoms with Crippen LogP contribution in [0.25, 0.3) is 0 Å². The van der Waals surface area contributed by atoms with Crippen molar-refractivity contribution in [3.05, 3.63) is 57.6 Å². The molecule has 4 nitrogen and oxygen atoms in total. The third-order valence-corrected chi connectivity index (χ3v) is 2.21. The van der Waals surface area contributed by atoms with Crippen LogP contribution in [-0.4, -0.2) is 9.97 Å². The Balaban J connectivity index is 2.05. The highest BCUT2D eigenvalue weighted by molar-refractivity contribution is 6.29. The molecular weight excluding hydrogens is 228 g/mol. The number of rotatable bonds is 3. The van der Waals surface area contributed by atoms with Gasteiger partial charge in [0.25, 0.3) is 5.56 Å². The molecule has 0 saturated heterocycles. The van der Waals surface area contributed by atoms with Gasteiger partial charge in [-0.1, -0.05) is 41.9 Å². The number of H-pyrrole nitrogens is 1. The van der Waals surface area contributed by atoms with E-state index in [0.29, 0.717) is 12.5 Å². The highest BCUT2D eigenvalue weighted by Crippen LogP contribution is 2.08. The molecule has 0 amide bonds. The van der Waals surface area contributed by atoms with Crippen molar-refractivity contribution in [1.82, 2.24) is 9.97 Å². The summed E-state index contributed by atoms with van der Waals surface area (Å²) in [5.41, 5.74) is 0.598. The minimum Gasteiger partial charge on any atom is -0.472 e. The summed E-state index contributed by atoms with van der Waals surface area (Å²) in [4.78, 5) is 17.2. The minimum atomic E-state index is -0.422. The lowest BCUT2D eigenvalue weighted by atomic mass is 10.2. The third-order valence-electron chi connectivity index (χ3n) is 1.95. The average molecular weight is 237 g/mol. The van der Waals surface area contributed by atoms with Crippen LogP contribution in [0.15, 0.2) is 41.3 Å². The number of hydrogen-bond acceptors (Lipinski definition) is 3. The molecule has 0 spiro atoms. The van der Waals surface area contributed by atoms with Gasteiger partial charge in [0.15, 0.2) is 5.15 Å². The van der Waals surface area contributed by atoms with Crippen molar-refractivity contribution in [2.24, 2.45) is 0 Å². The maximum atomic E-state index is 10.9. The summed E-state index contributed by atoms with van der Waals surface area (Å²) in [5, 5.41) is -0.120. The Kier molecular flexibility index (Phi) is 3.22. The second-order valence-electron chi connectivity index (χ2n) is 3.13. The van der Waals surface area contributed by atoms with Gasteiger partial charge in [0, 0.05) is 0 Å². The van der Waals surface area contributed by atoms with Gasteiger partial charge in [-0.15, -0.1) is 0 Å². The summed E-state index contributed by atoms with van der Waals surface area (Å²) in [6, 6.07) is 9.65. The highest BCUT2D eigenvalue weighted by atomic mass is 35.5. The van der Waals surface area contributed by atoms with Crippen LogP contribution in [-0.2, 0) is 6.61 Å². The molecule has 0 aliphatic heterocycles. The van der Waals surface area contributed by atoms with Crippen LogP contribution >= 0.6 is 11.6 Å². The summed E-state index contributed by atoms with van der Waals surface area (Å²) in [5.74, 6) is 0.299. The average Bonchev–Trinajstić information content (AvgIpc) is 2.32. The molecule has 5 heteroatoms. The fourth-order valence-corrected chi connectivity index (χ4v) is 1.31. The van der Waals surface area contributed by atoms with Crippen LogP contribution in [0.3, 0.4) is 0 Å². The summed E-state index contributed by atoms with van der Waals surface area (Å²) in [7, 11) is 0. The first kappa shape index (κ1) is 10.7. The van der Waals surface area contributed by atoms with E-state index in [1.807, 2.05) is 30.3 Å². The molecule has 1 N–H and O–H groups in total. The van der Waals surface area contributed by atoms with Crippen molar-refractivity contribution in [3.63, 3.8) is 0 Å². The van der Waals surface area contributed by atoms with Crippen LogP contribution in [0.5, 0.6) is 5.88 Å². The first-order valence-corrected chi connectivity index (χ1v) is 5.05. The van der Waals surface area contributed by atoms with E-state index in [1.165, 1.54) is 6.20 Å². The number of aromatic amines is 1. The van der Waals surface area contributed by atoms with Gasteiger partial charge < -0.3 is 9.72 Å². The minimum absolute atomic E-state index is 0.120. The number of ether oxygens (including phenoxy) is 1. The van der Waals surface area contributed by atoms with E-state index in [9.17, 15) is 4.79 Å². The zero-order valence-electron chi connectivity index (χ0n) is 8.31. The van der Waals surface area contributed by atoms with Gasteiger partial charge in [0.1, 0.15) is 6.61 Å². The molecule has 0 aliphatic rings. The fraction of sp³-hybridized carbons (Fsp3) is 0.0909. The normalized spacial score (nSPS) is 10.1. The first-order chi connectivity index (χ1) is 7.75. The number of aromatic nitrogens is 2. The Hall–Kier alpha value is -1.81. The van der Waals surface area contributed by atoms with Crippen molar-refractivity contribution in [3.8, 4) is 5.88 Å². The molecule has 1 aromatic heterocycles. The van der Waals surface area contributed by atoms with Gasteiger partial charge in [0.2, 0.25) is 5.88 Å². The van der Waals surface area contributed by atoms with Gasteiger partial charge >= 0.3 is 0 Å². The zero-order chi connectivity index (χ0) is 11.4. The predicted molar refractivity (Wildman–Crippen MR) is 60.6 cm³/mol. The molecule has 0 bridgehead atoms. The van der Waals surface area contributed by atoms with Crippen molar-refractivity contribution in [2.75, 3.05) is 0 Å². The van der Waals surface area contributed by atoms with E-state index in [4.69, 9.17) is 16.3 Å². The van der Waals surface area contributed by atoms with Crippen LogP contribution < -0.4 is 10.3 Å². The number of nitrogens with one attached hydrogen (secondary N) is 1. The smallest absolute Gasteiger partial charge is 0.285 e. The van der Waals surface area contributed by atoms with E-state index in [0.717, 1.165) is 5.56 Å². The second-order valence-corrected chi connectivity index (χ2v) is 3.49. The zero-order valence-corrected chi connectivity index (χ0v) is 9.07. The third kappa shape index (κ3) is 2.61. The summed E-state index contributed by atoms with van der Waals surface area (Å²) >= 11 is 5.56. The van der Waals surface area contributed by atoms with E-state index in [1.54, 1.807) is 0 Å². The maximum Gasteiger partial charge on any atom is 0.285 e. The van der Waals surface area contributed by atoms with Crippen LogP contribution in [0.4, 0.5) is 0 Å². The summed E-state index contributed by atoms with van der Waals surface area (Å²) in [6.07, 6.45) is 1.39. The maximum absolute atomic E-state index is 10.9. The highest BCUT2D eigenvalue weighted by Gasteiger charge is 2.01. The molecule has 0 saturated carbocycles. The Morgan fingerprint density at radius 3 is 2.75 bits per heavy atom. The van der Waals surface area contributed by atoms with Crippen LogP contribution in [0.1, 0.15) is 5.56 Å². The van der Waals surface area contributed by atoms with Gasteiger partial charge in [-0.25, -0.2) is 0 Å². The van der Waals surface area contributed by atoms with Crippen molar-refractivity contribution in [1.29, 1.82) is 0 Å². The molecular formula is C11H9ClN2O2. The van der Waals surface area contributed by atoms with Gasteiger partial charge in [-0.2, -0.15) is 4.98 Å². The van der Waals surface area contributed by atoms with E-state index in [-0.39, 0.29) is 5.15 Å². The number of halogens is 1. The molecule has 1 heterocycles. The first-order valence-electron chi connectivity index (χ1n) is 4.67. The molecule has 0 unspecified atom stereocenters. The lowest BCUT2D eigenvalue weighted by molar-refractivity contribution is 0.292. The Morgan fingerprint density at radius 2 is 2.06 bits per heavy atom. The van der Waals surface area contributed by atoms with E-state index in [2.05, 4.69) is 9.97 Å². The van der Waals surface area contributed by atoms with Gasteiger partial charge in [-0.3, -0.25) is 4.79 Å². The fourth-order valence-electron chi connectivity index (χ4n) is 1.17. The molecule has 0 atom stereocenters. The van der Waals surface area contributed by atoms with E-state index < -0.39 is 5.56 Å². The quantitative estimate of drug-likeness (QED) is 0.887. The number of nitrogens with zero attached hydrogens (tertiary/aromatic N) is 1. The Labute approximate surface area is 96.9 Å². The van der Waals surface area contributed by atoms with E-state index >= 15 is 0 Å². The molecule has 16 heavy (non-hydrogen) atoms. The molecule has 0 radical (unpaired) electrons. The predicted octanol–water partition coefficient (Wildman–Crippen LogP) is 2.00. The summed E-state index contributed by atoms with van der Waals surface area (Å²) in [6.45, 7) is 0.385. The second kappa shape index (κ2) is 4.81. The lowest BCUT2D eigenvalue weighted by Gasteiger charge is -2.04. The monoisotopic (exact) mass is 236 g/mol. The van der Waals surface area contributed by atoms with Crippen LogP contribution in [0, 0.1) is 0 Å². The Bertz CT molecular complexity index is 525. The molecule has 0 aliphatic carbocycles. The van der Waals surface area contributed by atoms with Gasteiger partial charge in [0.05, 0.1) is 6.20 Å². The molecule has 0 fully saturated rings. The lowest BCUT2D eigenvalue weighted by Crippen LogP contribution is -2.09. The molecule has 2 rings (SSSR count). The van der Waals surface area contributed by atoms with Crippen molar-refractivity contribution >= 4 is 11.6 Å². The van der Waals surface area contributed by atoms with Crippen molar-refractivity contribution in [2.45, 2.75) is 6.61 Å². The number of benzene rings is 1. The Morgan fingerprint density at radius 1 is 1.31 bits per heavy atom. The molecule has 2 aromatic rings. The number of hydrogen-bond donors (Lipinski definition) is 1. The summed E-state index contributed by atoms with van der Waals surface area (Å²) < 4.78 is 5.36. The SMILES string of the molecule is O=c1[nH]cc(OCc2ccccc2)nc1Cl. The van der Waals surface area contributed by atoms with Crippen molar-refractivity contribution < 1.29 is 4.74 Å². The van der Waals surface area contributed by atoms with Gasteiger partial charge in [-0.05, 0) is 5.56 Å². The van der Waals surface area contributed by atoms with Crippen LogP contribution in [0.2, 0.25) is 5.15 Å². The largest absolute Gasteiger partial charge is 0.472 e. The molecule has 1 aromatic carbocycles.